The molecule has 52 heavy (non-hydrogen) atoms. The van der Waals surface area contributed by atoms with E-state index in [0.29, 0.717) is 16.7 Å². The van der Waals surface area contributed by atoms with Crippen molar-refractivity contribution >= 4 is 23.1 Å². The second kappa shape index (κ2) is 22.0. The molecule has 0 heterocycles. The Morgan fingerprint density at radius 1 is 0.423 bits per heavy atom. The highest BCUT2D eigenvalue weighted by atomic mass is 16.3. The number of phenols is 2. The number of hydrogen-bond acceptors (Lipinski definition) is 10. The highest BCUT2D eigenvalue weighted by molar-refractivity contribution is 6.01. The molecule has 4 unspecified atom stereocenters. The molecule has 4 aromatic carbocycles. The second-order valence-corrected chi connectivity index (χ2v) is 12.9. The fourth-order valence-electron chi connectivity index (χ4n) is 4.12. The van der Waals surface area contributed by atoms with Crippen molar-refractivity contribution in [3.8, 4) is 11.5 Å². The van der Waals surface area contributed by atoms with Crippen molar-refractivity contribution in [3.63, 3.8) is 0 Å². The number of benzene rings is 4. The first-order valence-electron chi connectivity index (χ1n) is 16.8. The van der Waals surface area contributed by atoms with Gasteiger partial charge in [0.15, 0.2) is 23.1 Å². The van der Waals surface area contributed by atoms with Crippen LogP contribution in [0.3, 0.4) is 0 Å². The van der Waals surface area contributed by atoms with Gasteiger partial charge in [0.1, 0.15) is 23.7 Å². The average molecular weight is 715 g/mol. The minimum Gasteiger partial charge on any atom is -0.508 e. The lowest BCUT2D eigenvalue weighted by atomic mass is 10.0. The summed E-state index contributed by atoms with van der Waals surface area (Å²) in [5, 5.41) is 35.9. The molecule has 0 saturated carbocycles. The average Bonchev–Trinajstić information content (AvgIpc) is 3.11. The Morgan fingerprint density at radius 2 is 0.635 bits per heavy atom. The Bertz CT molecular complexity index is 1570. The Morgan fingerprint density at radius 3 is 0.846 bits per heavy atom. The quantitative estimate of drug-likeness (QED) is 0.140. The third-order valence-corrected chi connectivity index (χ3v) is 8.04. The van der Waals surface area contributed by atoms with Crippen molar-refractivity contribution in [1.29, 1.82) is 0 Å². The van der Waals surface area contributed by atoms with E-state index < -0.39 is 12.2 Å². The molecule has 0 bridgehead atoms. The molecule has 0 saturated heterocycles. The van der Waals surface area contributed by atoms with Gasteiger partial charge in [-0.3, -0.25) is 29.0 Å². The van der Waals surface area contributed by atoms with Crippen LogP contribution in [0.15, 0.2) is 97.1 Å². The number of carbonyl (C=O) groups excluding carboxylic acids is 4. The zero-order valence-corrected chi connectivity index (χ0v) is 31.9. The summed E-state index contributed by atoms with van der Waals surface area (Å²) in [5.74, 6) is -0.0359. The van der Waals surface area contributed by atoms with Crippen molar-refractivity contribution in [1.82, 2.24) is 9.80 Å². The van der Waals surface area contributed by atoms with Gasteiger partial charge in [-0.05, 0) is 118 Å². The number of rotatable bonds is 10. The maximum absolute atomic E-state index is 11.9. The Hall–Kier alpha value is -5.00. The van der Waals surface area contributed by atoms with Gasteiger partial charge in [0, 0.05) is 22.3 Å². The van der Waals surface area contributed by atoms with Crippen LogP contribution in [0.1, 0.15) is 80.3 Å². The Labute approximate surface area is 308 Å². The molecule has 0 aliphatic heterocycles. The minimum atomic E-state index is -0.991. The van der Waals surface area contributed by atoms with Crippen molar-refractivity contribution in [2.45, 2.75) is 65.8 Å². The molecule has 0 amide bonds. The third-order valence-electron chi connectivity index (χ3n) is 8.04. The van der Waals surface area contributed by atoms with Gasteiger partial charge in [0.25, 0.3) is 0 Å². The van der Waals surface area contributed by atoms with E-state index in [9.17, 15) is 19.2 Å². The van der Waals surface area contributed by atoms with Crippen LogP contribution >= 0.6 is 0 Å². The smallest absolute Gasteiger partial charge is 0.190 e. The molecule has 0 fully saturated rings. The highest BCUT2D eigenvalue weighted by Gasteiger charge is 2.17. The summed E-state index contributed by atoms with van der Waals surface area (Å²) in [6.45, 7) is 10.6. The number of likely N-dealkylation sites (N-methyl/N-ethyl adjacent to an activating group) is 2. The van der Waals surface area contributed by atoms with Crippen LogP contribution in [0.4, 0.5) is 0 Å². The van der Waals surface area contributed by atoms with Crippen LogP contribution in [-0.2, 0) is 0 Å². The standard InChI is InChI=1S/C12H17NO.C11H15NO2.C10H12O2.C9H10O3/c1-9-5-7-11(8-6-9)12(14)10(2)13(3)4;1-8(12(2)3)11(14)9-4-6-10(13)7-5-9;1-7-3-5-9(6-4-7)10(12)8(2)11;1-6(10)9(12)7-2-4-8(11)5-3-7/h5-8,10H,1-4H3;4-8,13H,1-3H3;3-6,8,11H,1-2H3;2-6,10-11H,1H3. The summed E-state index contributed by atoms with van der Waals surface area (Å²) in [6.07, 6.45) is -1.90. The number of aryl methyl sites for hydroxylation is 2. The number of hydrogen-bond donors (Lipinski definition) is 4. The third kappa shape index (κ3) is 15.5. The van der Waals surface area contributed by atoms with Gasteiger partial charge in [-0.2, -0.15) is 0 Å². The molecule has 10 heteroatoms. The zero-order chi connectivity index (χ0) is 39.7. The van der Waals surface area contributed by atoms with Crippen LogP contribution in [0.25, 0.3) is 0 Å². The second-order valence-electron chi connectivity index (χ2n) is 12.9. The highest BCUT2D eigenvalue weighted by Crippen LogP contribution is 2.13. The minimum absolute atomic E-state index is 0.0577. The van der Waals surface area contributed by atoms with Crippen molar-refractivity contribution in [3.05, 3.63) is 130 Å². The first-order chi connectivity index (χ1) is 24.3. The molecule has 0 aliphatic carbocycles. The van der Waals surface area contributed by atoms with E-state index in [1.165, 1.54) is 55.8 Å². The number of ketones is 4. The fourth-order valence-corrected chi connectivity index (χ4v) is 4.12. The molecule has 280 valence electrons. The molecule has 4 aromatic rings. The van der Waals surface area contributed by atoms with Gasteiger partial charge in [0.05, 0.1) is 12.1 Å². The van der Waals surface area contributed by atoms with Gasteiger partial charge in [-0.25, -0.2) is 0 Å². The van der Waals surface area contributed by atoms with Crippen LogP contribution in [0, 0.1) is 13.8 Å². The van der Waals surface area contributed by atoms with Gasteiger partial charge in [-0.15, -0.1) is 0 Å². The van der Waals surface area contributed by atoms with Crippen LogP contribution in [-0.4, -0.2) is 106 Å². The van der Waals surface area contributed by atoms with Gasteiger partial charge in [0.2, 0.25) is 0 Å². The Balaban J connectivity index is 0.000000348. The number of aliphatic hydroxyl groups is 2. The molecular weight excluding hydrogens is 660 g/mol. The van der Waals surface area contributed by atoms with E-state index in [1.807, 2.05) is 102 Å². The normalized spacial score (nSPS) is 12.7. The van der Waals surface area contributed by atoms with E-state index in [0.717, 1.165) is 11.1 Å². The topological polar surface area (TPSA) is 156 Å². The van der Waals surface area contributed by atoms with E-state index in [4.69, 9.17) is 20.4 Å². The van der Waals surface area contributed by atoms with Crippen LogP contribution < -0.4 is 0 Å². The summed E-state index contributed by atoms with van der Waals surface area (Å²) in [4.78, 5) is 49.7. The molecular formula is C42H54N2O8. The molecule has 4 atom stereocenters. The number of Topliss-reactive ketones (excluding diaryl/α,β-unsaturated/α-hetero) is 4. The molecule has 0 aliphatic rings. The van der Waals surface area contributed by atoms with E-state index in [2.05, 4.69) is 0 Å². The number of carbonyl (C=O) groups is 4. The summed E-state index contributed by atoms with van der Waals surface area (Å²) in [6, 6.07) is 26.8. The summed E-state index contributed by atoms with van der Waals surface area (Å²) < 4.78 is 0. The number of aliphatic hydroxyl groups excluding tert-OH is 2. The number of aromatic hydroxyl groups is 2. The molecule has 10 nitrogen and oxygen atoms in total. The first kappa shape index (κ1) is 45.0. The molecule has 0 radical (unpaired) electrons. The fraction of sp³-hybridized carbons (Fsp3) is 0.333. The zero-order valence-electron chi connectivity index (χ0n) is 31.9. The molecule has 4 N–H and O–H groups in total. The molecule has 0 aromatic heterocycles. The first-order valence-corrected chi connectivity index (χ1v) is 16.8. The monoisotopic (exact) mass is 714 g/mol. The van der Waals surface area contributed by atoms with Crippen molar-refractivity contribution in [2.24, 2.45) is 0 Å². The summed E-state index contributed by atoms with van der Waals surface area (Å²) >= 11 is 0. The Kier molecular flexibility index (Phi) is 19.1. The van der Waals surface area contributed by atoms with Crippen molar-refractivity contribution < 1.29 is 39.6 Å². The summed E-state index contributed by atoms with van der Waals surface area (Å²) in [5.41, 5.74) is 4.68. The predicted octanol–water partition coefficient (Wildman–Crippen LogP) is 6.17. The van der Waals surface area contributed by atoms with Gasteiger partial charge in [-0.1, -0.05) is 59.7 Å². The van der Waals surface area contributed by atoms with Crippen LogP contribution in [0.2, 0.25) is 0 Å². The largest absolute Gasteiger partial charge is 0.508 e. The maximum Gasteiger partial charge on any atom is 0.190 e. The lowest BCUT2D eigenvalue weighted by Crippen LogP contribution is -2.32. The number of nitrogens with zero attached hydrogens (tertiary/aromatic N) is 2. The molecule has 0 spiro atoms. The van der Waals surface area contributed by atoms with E-state index >= 15 is 0 Å². The SMILES string of the molecule is CC(C(=O)c1ccc(O)cc1)N(C)C.CC(O)C(=O)c1ccc(O)cc1.Cc1ccc(C(=O)C(C)N(C)C)cc1.Cc1ccc(C(=O)C(C)O)cc1. The van der Waals surface area contributed by atoms with Gasteiger partial charge < -0.3 is 20.4 Å². The van der Waals surface area contributed by atoms with Gasteiger partial charge >= 0.3 is 0 Å². The summed E-state index contributed by atoms with van der Waals surface area (Å²) in [7, 11) is 7.56. The van der Waals surface area contributed by atoms with E-state index in [-0.39, 0.29) is 46.7 Å². The predicted molar refractivity (Wildman–Crippen MR) is 206 cm³/mol. The lowest BCUT2D eigenvalue weighted by molar-refractivity contribution is 0.0776. The van der Waals surface area contributed by atoms with E-state index in [1.54, 1.807) is 24.3 Å². The molecule has 4 rings (SSSR count). The number of phenolic OH excluding ortho intramolecular Hbond substituents is 2. The van der Waals surface area contributed by atoms with Crippen LogP contribution in [0.5, 0.6) is 11.5 Å². The van der Waals surface area contributed by atoms with Crippen molar-refractivity contribution in [2.75, 3.05) is 28.2 Å². The maximum atomic E-state index is 11.9. The lowest BCUT2D eigenvalue weighted by Gasteiger charge is -2.18.